The van der Waals surface area contributed by atoms with Crippen molar-refractivity contribution < 1.29 is 9.47 Å². The highest BCUT2D eigenvalue weighted by Gasteiger charge is 2.21. The van der Waals surface area contributed by atoms with Crippen LogP contribution in [0.1, 0.15) is 44.9 Å². The minimum atomic E-state index is 0.510. The van der Waals surface area contributed by atoms with Crippen LogP contribution >= 0.6 is 0 Å². The molecule has 1 saturated carbocycles. The molecular formula is C13H25NO2. The highest BCUT2D eigenvalue weighted by Crippen LogP contribution is 2.21. The maximum absolute atomic E-state index is 5.62. The first-order chi connectivity index (χ1) is 7.88. The summed E-state index contributed by atoms with van der Waals surface area (Å²) in [6.07, 6.45) is 9.71. The molecule has 1 saturated heterocycles. The second-order valence-electron chi connectivity index (χ2n) is 5.09. The zero-order valence-electron chi connectivity index (χ0n) is 10.4. The number of nitrogens with one attached hydrogen (secondary N) is 1. The average Bonchev–Trinajstić information content (AvgIpc) is 2.83. The van der Waals surface area contributed by atoms with Gasteiger partial charge in [0.1, 0.15) is 0 Å². The van der Waals surface area contributed by atoms with E-state index in [-0.39, 0.29) is 0 Å². The van der Waals surface area contributed by atoms with Gasteiger partial charge in [-0.2, -0.15) is 0 Å². The maximum Gasteiger partial charge on any atom is 0.0588 e. The van der Waals surface area contributed by atoms with Gasteiger partial charge in [0.15, 0.2) is 0 Å². The van der Waals surface area contributed by atoms with E-state index in [1.807, 2.05) is 7.11 Å². The van der Waals surface area contributed by atoms with Gasteiger partial charge in [-0.25, -0.2) is 0 Å². The van der Waals surface area contributed by atoms with Crippen molar-refractivity contribution in [3.63, 3.8) is 0 Å². The SMILES string of the molecule is COC1CCC(NCCC2CCCO2)CC1. The van der Waals surface area contributed by atoms with Gasteiger partial charge in [-0.3, -0.25) is 0 Å². The lowest BCUT2D eigenvalue weighted by molar-refractivity contribution is 0.0611. The quantitative estimate of drug-likeness (QED) is 0.780. The fourth-order valence-corrected chi connectivity index (χ4v) is 2.82. The van der Waals surface area contributed by atoms with Crippen molar-refractivity contribution in [2.45, 2.75) is 63.2 Å². The Bertz CT molecular complexity index is 184. The Labute approximate surface area is 98.9 Å². The Morgan fingerprint density at radius 2 is 2.00 bits per heavy atom. The predicted octanol–water partition coefficient (Wildman–Crippen LogP) is 2.10. The Morgan fingerprint density at radius 3 is 2.62 bits per heavy atom. The third-order valence-corrected chi connectivity index (χ3v) is 3.93. The summed E-state index contributed by atoms with van der Waals surface area (Å²) in [4.78, 5) is 0. The van der Waals surface area contributed by atoms with Gasteiger partial charge in [0.25, 0.3) is 0 Å². The first kappa shape index (κ1) is 12.3. The van der Waals surface area contributed by atoms with Gasteiger partial charge in [0, 0.05) is 19.8 Å². The zero-order chi connectivity index (χ0) is 11.2. The zero-order valence-corrected chi connectivity index (χ0v) is 10.4. The topological polar surface area (TPSA) is 30.5 Å². The van der Waals surface area contributed by atoms with Crippen LogP contribution < -0.4 is 5.32 Å². The Hall–Kier alpha value is -0.120. The van der Waals surface area contributed by atoms with Gasteiger partial charge in [-0.15, -0.1) is 0 Å². The second-order valence-corrected chi connectivity index (χ2v) is 5.09. The number of hydrogen-bond acceptors (Lipinski definition) is 3. The molecule has 1 aliphatic heterocycles. The van der Waals surface area contributed by atoms with Crippen molar-refractivity contribution >= 4 is 0 Å². The molecule has 1 atom stereocenters. The van der Waals surface area contributed by atoms with Gasteiger partial charge in [0.05, 0.1) is 12.2 Å². The summed E-state index contributed by atoms with van der Waals surface area (Å²) >= 11 is 0. The lowest BCUT2D eigenvalue weighted by Crippen LogP contribution is -2.36. The molecule has 2 rings (SSSR count). The van der Waals surface area contributed by atoms with E-state index >= 15 is 0 Å². The molecule has 2 fully saturated rings. The van der Waals surface area contributed by atoms with Crippen LogP contribution in [-0.2, 0) is 9.47 Å². The van der Waals surface area contributed by atoms with Crippen LogP contribution in [0.5, 0.6) is 0 Å². The van der Waals surface area contributed by atoms with E-state index in [1.54, 1.807) is 0 Å². The average molecular weight is 227 g/mol. The first-order valence-corrected chi connectivity index (χ1v) is 6.76. The molecule has 94 valence electrons. The van der Waals surface area contributed by atoms with Crippen molar-refractivity contribution in [2.24, 2.45) is 0 Å². The van der Waals surface area contributed by atoms with Crippen molar-refractivity contribution in [1.82, 2.24) is 5.32 Å². The molecule has 0 bridgehead atoms. The minimum absolute atomic E-state index is 0.510. The molecule has 0 spiro atoms. The largest absolute Gasteiger partial charge is 0.381 e. The molecule has 1 N–H and O–H groups in total. The molecule has 1 aliphatic carbocycles. The molecule has 0 amide bonds. The smallest absolute Gasteiger partial charge is 0.0588 e. The predicted molar refractivity (Wildman–Crippen MR) is 64.6 cm³/mol. The Morgan fingerprint density at radius 1 is 1.19 bits per heavy atom. The molecular weight excluding hydrogens is 202 g/mol. The molecule has 0 aromatic rings. The van der Waals surface area contributed by atoms with E-state index < -0.39 is 0 Å². The Balaban J connectivity index is 1.53. The third kappa shape index (κ3) is 3.72. The van der Waals surface area contributed by atoms with Crippen molar-refractivity contribution in [3.8, 4) is 0 Å². The van der Waals surface area contributed by atoms with Crippen molar-refractivity contribution in [3.05, 3.63) is 0 Å². The molecule has 3 nitrogen and oxygen atoms in total. The van der Waals surface area contributed by atoms with Crippen LogP contribution in [0.4, 0.5) is 0 Å². The molecule has 0 radical (unpaired) electrons. The normalized spacial score (nSPS) is 35.4. The molecule has 1 unspecified atom stereocenters. The number of ether oxygens (including phenoxy) is 2. The van der Waals surface area contributed by atoms with Crippen LogP contribution in [0, 0.1) is 0 Å². The minimum Gasteiger partial charge on any atom is -0.381 e. The van der Waals surface area contributed by atoms with E-state index in [9.17, 15) is 0 Å². The van der Waals surface area contributed by atoms with E-state index in [4.69, 9.17) is 9.47 Å². The molecule has 3 heteroatoms. The highest BCUT2D eigenvalue weighted by molar-refractivity contribution is 4.78. The van der Waals surface area contributed by atoms with E-state index in [0.717, 1.165) is 13.2 Å². The van der Waals surface area contributed by atoms with Crippen LogP contribution in [0.25, 0.3) is 0 Å². The van der Waals surface area contributed by atoms with E-state index in [1.165, 1.54) is 44.9 Å². The van der Waals surface area contributed by atoms with E-state index in [2.05, 4.69) is 5.32 Å². The van der Waals surface area contributed by atoms with Crippen LogP contribution in [0.3, 0.4) is 0 Å². The standard InChI is InChI=1S/C13H25NO2/c1-15-12-6-4-11(5-7-12)14-9-8-13-3-2-10-16-13/h11-14H,2-10H2,1H3. The van der Waals surface area contributed by atoms with Crippen molar-refractivity contribution in [1.29, 1.82) is 0 Å². The summed E-state index contributed by atoms with van der Waals surface area (Å²) in [6, 6.07) is 0.716. The van der Waals surface area contributed by atoms with Crippen LogP contribution in [0.2, 0.25) is 0 Å². The lowest BCUT2D eigenvalue weighted by Gasteiger charge is -2.28. The second kappa shape index (κ2) is 6.58. The molecule has 0 aromatic heterocycles. The summed E-state index contributed by atoms with van der Waals surface area (Å²) < 4.78 is 11.0. The monoisotopic (exact) mass is 227 g/mol. The highest BCUT2D eigenvalue weighted by atomic mass is 16.5. The maximum atomic E-state index is 5.62. The van der Waals surface area contributed by atoms with Gasteiger partial charge in [-0.1, -0.05) is 0 Å². The molecule has 2 aliphatic rings. The van der Waals surface area contributed by atoms with Gasteiger partial charge < -0.3 is 14.8 Å². The fraction of sp³-hybridized carbons (Fsp3) is 1.00. The van der Waals surface area contributed by atoms with Gasteiger partial charge in [0.2, 0.25) is 0 Å². The molecule has 16 heavy (non-hydrogen) atoms. The number of rotatable bonds is 5. The molecule has 0 aromatic carbocycles. The van der Waals surface area contributed by atoms with Gasteiger partial charge >= 0.3 is 0 Å². The summed E-state index contributed by atoms with van der Waals surface area (Å²) in [5.41, 5.74) is 0. The summed E-state index contributed by atoms with van der Waals surface area (Å²) in [7, 11) is 1.83. The first-order valence-electron chi connectivity index (χ1n) is 6.76. The molecule has 1 heterocycles. The number of hydrogen-bond donors (Lipinski definition) is 1. The van der Waals surface area contributed by atoms with Crippen LogP contribution in [0.15, 0.2) is 0 Å². The third-order valence-electron chi connectivity index (χ3n) is 3.93. The van der Waals surface area contributed by atoms with Gasteiger partial charge in [-0.05, 0) is 51.5 Å². The summed E-state index contributed by atoms with van der Waals surface area (Å²) in [6.45, 7) is 2.09. The van der Waals surface area contributed by atoms with Crippen molar-refractivity contribution in [2.75, 3.05) is 20.3 Å². The Kier molecular flexibility index (Phi) is 5.07. The summed E-state index contributed by atoms with van der Waals surface area (Å²) in [5, 5.41) is 3.66. The number of methoxy groups -OCH3 is 1. The fourth-order valence-electron chi connectivity index (χ4n) is 2.82. The lowest BCUT2D eigenvalue weighted by atomic mass is 9.93. The van der Waals surface area contributed by atoms with E-state index in [0.29, 0.717) is 18.2 Å². The van der Waals surface area contributed by atoms with Crippen LogP contribution in [-0.4, -0.2) is 38.5 Å². The summed E-state index contributed by atoms with van der Waals surface area (Å²) in [5.74, 6) is 0.